The molecule has 1 aromatic rings. The van der Waals surface area contributed by atoms with E-state index < -0.39 is 17.8 Å². The molecule has 1 unspecified atom stereocenters. The highest BCUT2D eigenvalue weighted by Crippen LogP contribution is 2.16. The van der Waals surface area contributed by atoms with Crippen molar-refractivity contribution in [2.45, 2.75) is 19.9 Å². The van der Waals surface area contributed by atoms with Gasteiger partial charge in [-0.25, -0.2) is 4.39 Å². The largest absolute Gasteiger partial charge is 0.322 e. The van der Waals surface area contributed by atoms with Gasteiger partial charge in [0.15, 0.2) is 0 Å². The molecule has 3 nitrogen and oxygen atoms in total. The van der Waals surface area contributed by atoms with Crippen LogP contribution in [0.1, 0.15) is 12.5 Å². The minimum absolute atomic E-state index is 0.173. The molecule has 1 rings (SSSR count). The van der Waals surface area contributed by atoms with E-state index >= 15 is 0 Å². The molecule has 0 fully saturated rings. The average molecular weight is 196 g/mol. The summed E-state index contributed by atoms with van der Waals surface area (Å²) in [6, 6.07) is 4.17. The van der Waals surface area contributed by atoms with Gasteiger partial charge in [0.25, 0.3) is 0 Å². The maximum absolute atomic E-state index is 13.4. The lowest BCUT2D eigenvalue weighted by atomic mass is 10.2. The van der Waals surface area contributed by atoms with Gasteiger partial charge in [-0.15, -0.1) is 0 Å². The maximum Gasteiger partial charge on any atom is 0.241 e. The van der Waals surface area contributed by atoms with Gasteiger partial charge in [-0.1, -0.05) is 12.1 Å². The Morgan fingerprint density at radius 1 is 1.57 bits per heavy atom. The smallest absolute Gasteiger partial charge is 0.241 e. The number of halogens is 1. The van der Waals surface area contributed by atoms with Crippen LogP contribution < -0.4 is 11.1 Å². The lowest BCUT2D eigenvalue weighted by Crippen LogP contribution is -2.32. The fourth-order valence-electron chi connectivity index (χ4n) is 0.991. The summed E-state index contributed by atoms with van der Waals surface area (Å²) in [5.41, 5.74) is 6.00. The van der Waals surface area contributed by atoms with E-state index in [1.54, 1.807) is 26.0 Å². The van der Waals surface area contributed by atoms with Crippen LogP contribution in [0, 0.1) is 12.7 Å². The molecular formula is C10H13FN2O. The van der Waals surface area contributed by atoms with Crippen LogP contribution in [0.4, 0.5) is 10.1 Å². The first-order valence-corrected chi connectivity index (χ1v) is 4.34. The van der Waals surface area contributed by atoms with Gasteiger partial charge in [-0.3, -0.25) is 4.79 Å². The second kappa shape index (κ2) is 4.19. The Hall–Kier alpha value is -1.42. The van der Waals surface area contributed by atoms with Crippen molar-refractivity contribution in [3.05, 3.63) is 29.6 Å². The van der Waals surface area contributed by atoms with Crippen LogP contribution in [0.3, 0.4) is 0 Å². The van der Waals surface area contributed by atoms with E-state index in [0.29, 0.717) is 5.56 Å². The molecule has 0 aliphatic heterocycles. The maximum atomic E-state index is 13.4. The highest BCUT2D eigenvalue weighted by atomic mass is 19.1. The van der Waals surface area contributed by atoms with Crippen molar-refractivity contribution in [2.24, 2.45) is 5.73 Å². The monoisotopic (exact) mass is 196 g/mol. The molecule has 0 radical (unpaired) electrons. The van der Waals surface area contributed by atoms with Gasteiger partial charge in [0.1, 0.15) is 5.82 Å². The molecule has 0 bridgehead atoms. The van der Waals surface area contributed by atoms with Crippen molar-refractivity contribution in [3.63, 3.8) is 0 Å². The minimum Gasteiger partial charge on any atom is -0.322 e. The van der Waals surface area contributed by atoms with Crippen LogP contribution in [0.25, 0.3) is 0 Å². The Kier molecular flexibility index (Phi) is 3.19. The Labute approximate surface area is 82.1 Å². The number of rotatable bonds is 2. The van der Waals surface area contributed by atoms with Gasteiger partial charge in [0.2, 0.25) is 5.91 Å². The molecule has 3 N–H and O–H groups in total. The summed E-state index contributed by atoms with van der Waals surface area (Å²) in [4.78, 5) is 11.2. The zero-order valence-corrected chi connectivity index (χ0v) is 8.17. The fraction of sp³-hybridized carbons (Fsp3) is 0.300. The Bertz CT molecular complexity index is 350. The number of amides is 1. The van der Waals surface area contributed by atoms with Crippen LogP contribution in [-0.4, -0.2) is 11.9 Å². The third kappa shape index (κ3) is 2.29. The van der Waals surface area contributed by atoms with Crippen LogP contribution in [0.2, 0.25) is 0 Å². The lowest BCUT2D eigenvalue weighted by molar-refractivity contribution is -0.117. The Balaban J connectivity index is 2.87. The second-order valence-electron chi connectivity index (χ2n) is 3.21. The van der Waals surface area contributed by atoms with E-state index in [1.165, 1.54) is 6.07 Å². The van der Waals surface area contributed by atoms with Crippen molar-refractivity contribution in [1.82, 2.24) is 0 Å². The van der Waals surface area contributed by atoms with E-state index in [9.17, 15) is 9.18 Å². The van der Waals surface area contributed by atoms with Gasteiger partial charge < -0.3 is 11.1 Å². The standard InChI is InChI=1S/C10H13FN2O/c1-6-4-3-5-8(9(6)11)13-10(14)7(2)12/h3-5,7H,12H2,1-2H3,(H,13,14). The predicted octanol–water partition coefficient (Wildman–Crippen LogP) is 1.42. The summed E-state index contributed by atoms with van der Waals surface area (Å²) in [5.74, 6) is -0.809. The summed E-state index contributed by atoms with van der Waals surface area (Å²) in [6.07, 6.45) is 0. The van der Waals surface area contributed by atoms with Crippen LogP contribution in [0.15, 0.2) is 18.2 Å². The molecule has 0 aliphatic carbocycles. The number of carbonyl (C=O) groups excluding carboxylic acids is 1. The predicted molar refractivity (Wildman–Crippen MR) is 53.4 cm³/mol. The van der Waals surface area contributed by atoms with Gasteiger partial charge in [0, 0.05) is 0 Å². The number of hydrogen-bond acceptors (Lipinski definition) is 2. The number of nitrogens with one attached hydrogen (secondary N) is 1. The molecule has 76 valence electrons. The van der Waals surface area contributed by atoms with Crippen molar-refractivity contribution < 1.29 is 9.18 Å². The van der Waals surface area contributed by atoms with E-state index in [4.69, 9.17) is 5.73 Å². The van der Waals surface area contributed by atoms with Crippen LogP contribution in [-0.2, 0) is 4.79 Å². The zero-order valence-electron chi connectivity index (χ0n) is 8.17. The molecule has 1 atom stereocenters. The average Bonchev–Trinajstić information content (AvgIpc) is 2.12. The number of nitrogens with two attached hydrogens (primary N) is 1. The molecule has 0 aliphatic rings. The van der Waals surface area contributed by atoms with Crippen molar-refractivity contribution in [1.29, 1.82) is 0 Å². The van der Waals surface area contributed by atoms with E-state index in [1.807, 2.05) is 0 Å². The molecule has 4 heteroatoms. The third-order valence-electron chi connectivity index (χ3n) is 1.86. The third-order valence-corrected chi connectivity index (χ3v) is 1.86. The Morgan fingerprint density at radius 3 is 2.79 bits per heavy atom. The van der Waals surface area contributed by atoms with E-state index in [0.717, 1.165) is 0 Å². The van der Waals surface area contributed by atoms with Crippen molar-refractivity contribution in [2.75, 3.05) is 5.32 Å². The first-order chi connectivity index (χ1) is 6.52. The molecule has 14 heavy (non-hydrogen) atoms. The SMILES string of the molecule is Cc1cccc(NC(=O)C(C)N)c1F. The molecule has 0 saturated heterocycles. The Morgan fingerprint density at radius 2 is 2.21 bits per heavy atom. The van der Waals surface area contributed by atoms with Crippen LogP contribution >= 0.6 is 0 Å². The van der Waals surface area contributed by atoms with Gasteiger partial charge >= 0.3 is 0 Å². The first-order valence-electron chi connectivity index (χ1n) is 4.34. The highest BCUT2D eigenvalue weighted by Gasteiger charge is 2.11. The number of benzene rings is 1. The molecule has 1 aromatic carbocycles. The quantitative estimate of drug-likeness (QED) is 0.751. The number of carbonyl (C=O) groups is 1. The first kappa shape index (κ1) is 10.7. The van der Waals surface area contributed by atoms with E-state index in [2.05, 4.69) is 5.32 Å². The topological polar surface area (TPSA) is 55.1 Å². The summed E-state index contributed by atoms with van der Waals surface area (Å²) < 4.78 is 13.4. The number of hydrogen-bond donors (Lipinski definition) is 2. The molecule has 0 heterocycles. The minimum atomic E-state index is -0.644. The van der Waals surface area contributed by atoms with Crippen molar-refractivity contribution in [3.8, 4) is 0 Å². The summed E-state index contributed by atoms with van der Waals surface area (Å²) in [6.45, 7) is 3.18. The van der Waals surface area contributed by atoms with Gasteiger partial charge in [0.05, 0.1) is 11.7 Å². The zero-order chi connectivity index (χ0) is 10.7. The molecule has 0 aromatic heterocycles. The summed E-state index contributed by atoms with van der Waals surface area (Å²) in [7, 11) is 0. The fourth-order valence-corrected chi connectivity index (χ4v) is 0.991. The van der Waals surface area contributed by atoms with Crippen LogP contribution in [0.5, 0.6) is 0 Å². The van der Waals surface area contributed by atoms with Gasteiger partial charge in [-0.2, -0.15) is 0 Å². The lowest BCUT2D eigenvalue weighted by Gasteiger charge is -2.09. The van der Waals surface area contributed by atoms with Gasteiger partial charge in [-0.05, 0) is 25.5 Å². The number of anilines is 1. The summed E-state index contributed by atoms with van der Waals surface area (Å²) in [5, 5.41) is 2.41. The van der Waals surface area contributed by atoms with Crippen molar-refractivity contribution >= 4 is 11.6 Å². The molecular weight excluding hydrogens is 183 g/mol. The second-order valence-corrected chi connectivity index (χ2v) is 3.21. The summed E-state index contributed by atoms with van der Waals surface area (Å²) >= 11 is 0. The highest BCUT2D eigenvalue weighted by molar-refractivity contribution is 5.94. The van der Waals surface area contributed by atoms with E-state index in [-0.39, 0.29) is 5.69 Å². The number of aryl methyl sites for hydroxylation is 1. The normalized spacial score (nSPS) is 12.3. The molecule has 1 amide bonds. The molecule has 0 saturated carbocycles. The molecule has 0 spiro atoms.